The normalized spacial score (nSPS) is 15.8. The lowest BCUT2D eigenvalue weighted by Gasteiger charge is -2.28. The number of carbonyl (C=O) groups excluding carboxylic acids is 3. The third-order valence-electron chi connectivity index (χ3n) is 5.56. The van der Waals surface area contributed by atoms with Gasteiger partial charge in [-0.05, 0) is 41.8 Å². The van der Waals surface area contributed by atoms with Gasteiger partial charge in [-0.1, -0.05) is 72.3 Å². The van der Waals surface area contributed by atoms with E-state index in [4.69, 9.17) is 11.6 Å². The van der Waals surface area contributed by atoms with Crippen LogP contribution in [0.3, 0.4) is 0 Å². The molecule has 1 unspecified atom stereocenters. The number of anilines is 1. The Labute approximate surface area is 192 Å². The predicted molar refractivity (Wildman–Crippen MR) is 124 cm³/mol. The third-order valence-corrected chi connectivity index (χ3v) is 5.80. The van der Waals surface area contributed by atoms with E-state index in [0.29, 0.717) is 23.7 Å². The van der Waals surface area contributed by atoms with E-state index < -0.39 is 6.04 Å². The summed E-state index contributed by atoms with van der Waals surface area (Å²) in [5.41, 5.74) is 2.35. The maximum Gasteiger partial charge on any atom is 0.257 e. The molecule has 1 aliphatic rings. The average molecular weight is 447 g/mol. The largest absolute Gasteiger partial charge is 0.329 e. The van der Waals surface area contributed by atoms with Crippen LogP contribution in [0.2, 0.25) is 5.02 Å². The summed E-state index contributed by atoms with van der Waals surface area (Å²) in [6.45, 7) is 0.318. The van der Waals surface area contributed by atoms with Crippen molar-refractivity contribution in [2.45, 2.75) is 25.3 Å². The van der Waals surface area contributed by atoms with E-state index in [0.717, 1.165) is 11.1 Å². The number of imide groups is 1. The van der Waals surface area contributed by atoms with Crippen LogP contribution in [0.4, 0.5) is 5.69 Å². The fourth-order valence-electron chi connectivity index (χ4n) is 3.98. The summed E-state index contributed by atoms with van der Waals surface area (Å²) in [7, 11) is 0. The molecule has 1 heterocycles. The monoisotopic (exact) mass is 446 g/mol. The van der Waals surface area contributed by atoms with Gasteiger partial charge in [-0.15, -0.1) is 0 Å². The molecule has 3 aromatic rings. The topological polar surface area (TPSA) is 57.7 Å². The van der Waals surface area contributed by atoms with Crippen LogP contribution < -0.4 is 4.90 Å². The van der Waals surface area contributed by atoms with Crippen molar-refractivity contribution >= 4 is 35.0 Å². The first-order chi connectivity index (χ1) is 15.5. The van der Waals surface area contributed by atoms with Crippen molar-refractivity contribution in [1.29, 1.82) is 0 Å². The molecular formula is C26H23ClN2O3. The molecule has 1 saturated heterocycles. The molecule has 3 amide bonds. The first-order valence-electron chi connectivity index (χ1n) is 10.5. The zero-order valence-electron chi connectivity index (χ0n) is 17.5. The van der Waals surface area contributed by atoms with Crippen LogP contribution in [-0.2, 0) is 27.2 Å². The maximum atomic E-state index is 13.3. The number of carbonyl (C=O) groups is 3. The van der Waals surface area contributed by atoms with Crippen molar-refractivity contribution in [3.63, 3.8) is 0 Å². The van der Waals surface area contributed by atoms with Crippen LogP contribution in [0.5, 0.6) is 0 Å². The number of nitrogens with zero attached hydrogens (tertiary/aromatic N) is 2. The molecule has 0 saturated carbocycles. The molecule has 4 rings (SSSR count). The van der Waals surface area contributed by atoms with E-state index in [1.54, 1.807) is 35.2 Å². The summed E-state index contributed by atoms with van der Waals surface area (Å²) in [5, 5.41) is 0.618. The van der Waals surface area contributed by atoms with Crippen molar-refractivity contribution < 1.29 is 14.4 Å². The van der Waals surface area contributed by atoms with E-state index in [2.05, 4.69) is 0 Å². The van der Waals surface area contributed by atoms with Crippen molar-refractivity contribution in [3.8, 4) is 0 Å². The molecule has 1 fully saturated rings. The first kappa shape index (κ1) is 21.8. The lowest BCUT2D eigenvalue weighted by molar-refractivity contribution is -0.137. The maximum absolute atomic E-state index is 13.3. The first-order valence-corrected chi connectivity index (χ1v) is 10.9. The fraction of sp³-hybridized carbons (Fsp3) is 0.192. The van der Waals surface area contributed by atoms with Crippen LogP contribution in [0, 0.1) is 0 Å². The van der Waals surface area contributed by atoms with Gasteiger partial charge in [-0.25, -0.2) is 4.90 Å². The van der Waals surface area contributed by atoms with Gasteiger partial charge in [0, 0.05) is 11.6 Å². The Hall–Kier alpha value is -3.44. The number of benzene rings is 3. The summed E-state index contributed by atoms with van der Waals surface area (Å²) in [4.78, 5) is 42.1. The number of para-hydroxylation sites is 1. The lowest BCUT2D eigenvalue weighted by atomic mass is 10.1. The summed E-state index contributed by atoms with van der Waals surface area (Å²) in [6.07, 6.45) is 0.674. The van der Waals surface area contributed by atoms with Crippen LogP contribution in [-0.4, -0.2) is 35.2 Å². The van der Waals surface area contributed by atoms with Crippen molar-refractivity contribution in [2.24, 2.45) is 0 Å². The molecule has 0 bridgehead atoms. The van der Waals surface area contributed by atoms with Gasteiger partial charge in [0.1, 0.15) is 6.04 Å². The molecule has 3 aromatic carbocycles. The molecule has 0 N–H and O–H groups in total. The van der Waals surface area contributed by atoms with Crippen LogP contribution in [0.1, 0.15) is 17.5 Å². The Bertz CT molecular complexity index is 1120. The predicted octanol–water partition coefficient (Wildman–Crippen LogP) is 4.29. The Morgan fingerprint density at radius 2 is 1.56 bits per heavy atom. The van der Waals surface area contributed by atoms with Gasteiger partial charge in [0.25, 0.3) is 5.91 Å². The zero-order valence-corrected chi connectivity index (χ0v) is 18.2. The van der Waals surface area contributed by atoms with E-state index in [1.165, 1.54) is 4.90 Å². The second-order valence-electron chi connectivity index (χ2n) is 7.75. The summed E-state index contributed by atoms with van der Waals surface area (Å²) in [5.74, 6) is -0.848. The zero-order chi connectivity index (χ0) is 22.5. The number of hydrogen-bond acceptors (Lipinski definition) is 3. The number of halogens is 1. The molecule has 0 aliphatic carbocycles. The second kappa shape index (κ2) is 9.79. The summed E-state index contributed by atoms with van der Waals surface area (Å²) >= 11 is 6.10. The highest BCUT2D eigenvalue weighted by molar-refractivity contribution is 6.30. The average Bonchev–Trinajstić information content (AvgIpc) is 3.09. The number of hydrogen-bond donors (Lipinski definition) is 0. The SMILES string of the molecule is O=C1CC(N(CCc2cccc(Cl)c2)C(=O)Cc2ccccc2)C(=O)N1c1ccccc1. The highest BCUT2D eigenvalue weighted by atomic mass is 35.5. The van der Waals surface area contributed by atoms with Gasteiger partial charge in [0.05, 0.1) is 18.5 Å². The molecule has 5 nitrogen and oxygen atoms in total. The van der Waals surface area contributed by atoms with Crippen LogP contribution >= 0.6 is 11.6 Å². The standard InChI is InChI=1S/C26H23ClN2O3/c27-21-11-7-10-20(16-21)14-15-28(24(30)17-19-8-3-1-4-9-19)23-18-25(31)29(26(23)32)22-12-5-2-6-13-22/h1-13,16,23H,14-15,17-18H2. The van der Waals surface area contributed by atoms with E-state index >= 15 is 0 Å². The smallest absolute Gasteiger partial charge is 0.257 e. The molecule has 162 valence electrons. The highest BCUT2D eigenvalue weighted by Crippen LogP contribution is 2.26. The minimum atomic E-state index is -0.821. The highest BCUT2D eigenvalue weighted by Gasteiger charge is 2.44. The minimum absolute atomic E-state index is 0.0240. The van der Waals surface area contributed by atoms with Crippen molar-refractivity contribution in [3.05, 3.63) is 101 Å². The van der Waals surface area contributed by atoms with Gasteiger partial charge >= 0.3 is 0 Å². The Morgan fingerprint density at radius 3 is 2.25 bits per heavy atom. The molecule has 0 spiro atoms. The van der Waals surface area contributed by atoms with Crippen molar-refractivity contribution in [1.82, 2.24) is 4.90 Å². The molecule has 0 radical (unpaired) electrons. The minimum Gasteiger partial charge on any atom is -0.329 e. The second-order valence-corrected chi connectivity index (χ2v) is 8.19. The molecule has 32 heavy (non-hydrogen) atoms. The van der Waals surface area contributed by atoms with Gasteiger partial charge in [-0.3, -0.25) is 14.4 Å². The fourth-order valence-corrected chi connectivity index (χ4v) is 4.19. The third kappa shape index (κ3) is 4.89. The lowest BCUT2D eigenvalue weighted by Crippen LogP contribution is -2.47. The molecular weight excluding hydrogens is 424 g/mol. The summed E-state index contributed by atoms with van der Waals surface area (Å²) in [6, 6.07) is 24.8. The summed E-state index contributed by atoms with van der Waals surface area (Å²) < 4.78 is 0. The van der Waals surface area contributed by atoms with E-state index in [1.807, 2.05) is 54.6 Å². The Balaban J connectivity index is 1.58. The van der Waals surface area contributed by atoms with Crippen molar-refractivity contribution in [2.75, 3.05) is 11.4 Å². The molecule has 1 atom stereocenters. The Morgan fingerprint density at radius 1 is 0.906 bits per heavy atom. The van der Waals surface area contributed by atoms with Gasteiger partial charge in [-0.2, -0.15) is 0 Å². The molecule has 1 aliphatic heterocycles. The molecule has 0 aromatic heterocycles. The van der Waals surface area contributed by atoms with E-state index in [-0.39, 0.29) is 30.6 Å². The van der Waals surface area contributed by atoms with Crippen LogP contribution in [0.25, 0.3) is 0 Å². The Kier molecular flexibility index (Phi) is 6.66. The molecule has 6 heteroatoms. The quantitative estimate of drug-likeness (QED) is 0.509. The number of rotatable bonds is 7. The van der Waals surface area contributed by atoms with E-state index in [9.17, 15) is 14.4 Å². The van der Waals surface area contributed by atoms with Gasteiger partial charge < -0.3 is 4.90 Å². The van der Waals surface area contributed by atoms with Gasteiger partial charge in [0.15, 0.2) is 0 Å². The van der Waals surface area contributed by atoms with Gasteiger partial charge in [0.2, 0.25) is 11.8 Å². The van der Waals surface area contributed by atoms with Crippen LogP contribution in [0.15, 0.2) is 84.9 Å². The number of amides is 3.